The molecule has 2 aromatic rings. The third-order valence-corrected chi connectivity index (χ3v) is 4.42. The van der Waals surface area contributed by atoms with Crippen molar-refractivity contribution in [1.29, 1.82) is 0 Å². The molecule has 1 aromatic heterocycles. The van der Waals surface area contributed by atoms with E-state index in [-0.39, 0.29) is 4.90 Å². The molecule has 0 aliphatic carbocycles. The molecule has 0 amide bonds. The number of nitrogens with two attached hydrogens (primary N) is 1. The third kappa shape index (κ3) is 3.37. The quantitative estimate of drug-likeness (QED) is 0.799. The molecule has 3 N–H and O–H groups in total. The topological polar surface area (TPSA) is 90.0 Å². The van der Waals surface area contributed by atoms with Gasteiger partial charge in [0.15, 0.2) is 0 Å². The number of sulfonamides is 1. The summed E-state index contributed by atoms with van der Waals surface area (Å²) in [6, 6.07) is 6.65. The van der Waals surface area contributed by atoms with Crippen LogP contribution >= 0.6 is 0 Å². The molecular formula is C13H18N4O2S. The molecule has 0 atom stereocenters. The summed E-state index contributed by atoms with van der Waals surface area (Å²) in [4.78, 5) is 0.194. The van der Waals surface area contributed by atoms with Crippen molar-refractivity contribution in [1.82, 2.24) is 14.5 Å². The molecule has 0 saturated heterocycles. The lowest BCUT2D eigenvalue weighted by atomic mass is 10.2. The second kappa shape index (κ2) is 5.64. The van der Waals surface area contributed by atoms with Gasteiger partial charge in [-0.2, -0.15) is 5.10 Å². The van der Waals surface area contributed by atoms with Crippen molar-refractivity contribution in [3.63, 3.8) is 0 Å². The van der Waals surface area contributed by atoms with Gasteiger partial charge < -0.3 is 5.73 Å². The first-order valence-corrected chi connectivity index (χ1v) is 7.70. The fourth-order valence-corrected chi connectivity index (χ4v) is 3.14. The molecule has 7 heteroatoms. The predicted molar refractivity (Wildman–Crippen MR) is 77.7 cm³/mol. The highest BCUT2D eigenvalue weighted by atomic mass is 32.2. The number of benzene rings is 1. The van der Waals surface area contributed by atoms with Gasteiger partial charge in [-0.3, -0.25) is 4.68 Å². The van der Waals surface area contributed by atoms with Crippen LogP contribution in [-0.2, 0) is 23.5 Å². The fraction of sp³-hybridized carbons (Fsp3) is 0.308. The molecule has 0 aliphatic heterocycles. The SMILES string of the molecule is Cc1cc(N)cc(S(=O)(=O)NCCc2ccnn2C)c1. The number of nitrogens with one attached hydrogen (secondary N) is 1. The largest absolute Gasteiger partial charge is 0.399 e. The van der Waals surface area contributed by atoms with Gasteiger partial charge in [0.05, 0.1) is 4.90 Å². The van der Waals surface area contributed by atoms with Crippen molar-refractivity contribution in [3.05, 3.63) is 41.7 Å². The molecule has 0 unspecified atom stereocenters. The molecule has 0 saturated carbocycles. The number of hydrogen-bond acceptors (Lipinski definition) is 4. The summed E-state index contributed by atoms with van der Waals surface area (Å²) in [5.74, 6) is 0. The molecule has 6 nitrogen and oxygen atoms in total. The number of anilines is 1. The molecule has 0 aliphatic rings. The molecule has 2 rings (SSSR count). The average Bonchev–Trinajstić information content (AvgIpc) is 2.74. The molecule has 1 heterocycles. The molecule has 20 heavy (non-hydrogen) atoms. The van der Waals surface area contributed by atoms with Gasteiger partial charge in [0.25, 0.3) is 0 Å². The van der Waals surface area contributed by atoms with Crippen LogP contribution in [0.3, 0.4) is 0 Å². The average molecular weight is 294 g/mol. The lowest BCUT2D eigenvalue weighted by Gasteiger charge is -2.08. The molecule has 0 fully saturated rings. The lowest BCUT2D eigenvalue weighted by Crippen LogP contribution is -2.26. The molecular weight excluding hydrogens is 276 g/mol. The number of nitrogens with zero attached hydrogens (tertiary/aromatic N) is 2. The Bertz CT molecular complexity index is 687. The van der Waals surface area contributed by atoms with E-state index in [0.717, 1.165) is 11.3 Å². The normalized spacial score (nSPS) is 11.7. The smallest absolute Gasteiger partial charge is 0.240 e. The van der Waals surface area contributed by atoms with Gasteiger partial charge in [-0.25, -0.2) is 13.1 Å². The summed E-state index contributed by atoms with van der Waals surface area (Å²) < 4.78 is 28.6. The summed E-state index contributed by atoms with van der Waals surface area (Å²) in [7, 11) is -1.71. The molecule has 0 radical (unpaired) electrons. The second-order valence-corrected chi connectivity index (χ2v) is 6.44. The summed E-state index contributed by atoms with van der Waals surface area (Å²) in [5, 5.41) is 4.04. The van der Waals surface area contributed by atoms with E-state index in [1.807, 2.05) is 20.0 Å². The first kappa shape index (κ1) is 14.5. The molecule has 0 bridgehead atoms. The van der Waals surface area contributed by atoms with Crippen LogP contribution in [0.25, 0.3) is 0 Å². The van der Waals surface area contributed by atoms with E-state index in [4.69, 9.17) is 5.73 Å². The van der Waals surface area contributed by atoms with Crippen LogP contribution in [0.1, 0.15) is 11.3 Å². The highest BCUT2D eigenvalue weighted by Crippen LogP contribution is 2.16. The van der Waals surface area contributed by atoms with Crippen molar-refractivity contribution in [2.45, 2.75) is 18.2 Å². The Hall–Kier alpha value is -1.86. The minimum Gasteiger partial charge on any atom is -0.399 e. The van der Waals surface area contributed by atoms with Crippen molar-refractivity contribution >= 4 is 15.7 Å². The summed E-state index contributed by atoms with van der Waals surface area (Å²) in [6.45, 7) is 2.13. The van der Waals surface area contributed by atoms with Crippen molar-refractivity contribution in [2.24, 2.45) is 7.05 Å². The van der Waals surface area contributed by atoms with Crippen LogP contribution in [0.5, 0.6) is 0 Å². The number of aromatic nitrogens is 2. The molecule has 0 spiro atoms. The number of nitrogen functional groups attached to an aromatic ring is 1. The predicted octanol–water partition coefficient (Wildman–Crippen LogP) is 0.832. The van der Waals surface area contributed by atoms with E-state index in [1.165, 1.54) is 6.07 Å². The fourth-order valence-electron chi connectivity index (χ4n) is 1.98. The summed E-state index contributed by atoms with van der Waals surface area (Å²) >= 11 is 0. The van der Waals surface area contributed by atoms with Crippen LogP contribution in [0.15, 0.2) is 35.4 Å². The Morgan fingerprint density at radius 2 is 2.10 bits per heavy atom. The first-order valence-electron chi connectivity index (χ1n) is 6.22. The van der Waals surface area contributed by atoms with Gasteiger partial charge in [-0.05, 0) is 36.8 Å². The van der Waals surface area contributed by atoms with Crippen LogP contribution < -0.4 is 10.5 Å². The maximum Gasteiger partial charge on any atom is 0.240 e. The minimum atomic E-state index is -3.53. The van der Waals surface area contributed by atoms with Crippen LogP contribution in [0, 0.1) is 6.92 Å². The third-order valence-electron chi connectivity index (χ3n) is 2.98. The number of hydrogen-bond donors (Lipinski definition) is 2. The van der Waals surface area contributed by atoms with Gasteiger partial charge >= 0.3 is 0 Å². The van der Waals surface area contributed by atoms with Crippen LogP contribution in [-0.4, -0.2) is 24.7 Å². The van der Waals surface area contributed by atoms with Gasteiger partial charge in [0.1, 0.15) is 0 Å². The Kier molecular flexibility index (Phi) is 4.10. The van der Waals surface area contributed by atoms with E-state index in [1.54, 1.807) is 23.0 Å². The van der Waals surface area contributed by atoms with Gasteiger partial charge in [0, 0.05) is 37.6 Å². The van der Waals surface area contributed by atoms with Crippen molar-refractivity contribution in [3.8, 4) is 0 Å². The Morgan fingerprint density at radius 1 is 1.35 bits per heavy atom. The maximum absolute atomic E-state index is 12.2. The highest BCUT2D eigenvalue weighted by molar-refractivity contribution is 7.89. The van der Waals surface area contributed by atoms with E-state index < -0.39 is 10.0 Å². The Balaban J connectivity index is 2.06. The Labute approximate surface area is 118 Å². The van der Waals surface area contributed by atoms with E-state index >= 15 is 0 Å². The monoisotopic (exact) mass is 294 g/mol. The zero-order valence-corrected chi connectivity index (χ0v) is 12.3. The minimum absolute atomic E-state index is 0.194. The van der Waals surface area contributed by atoms with Crippen LogP contribution in [0.2, 0.25) is 0 Å². The highest BCUT2D eigenvalue weighted by Gasteiger charge is 2.14. The Morgan fingerprint density at radius 3 is 2.70 bits per heavy atom. The van der Waals surface area contributed by atoms with Gasteiger partial charge in [0.2, 0.25) is 10.0 Å². The van der Waals surface area contributed by atoms with E-state index in [0.29, 0.717) is 18.7 Å². The van der Waals surface area contributed by atoms with Crippen molar-refractivity contribution in [2.75, 3.05) is 12.3 Å². The second-order valence-electron chi connectivity index (χ2n) is 4.67. The zero-order valence-electron chi connectivity index (χ0n) is 11.5. The maximum atomic E-state index is 12.2. The molecule has 108 valence electrons. The van der Waals surface area contributed by atoms with Gasteiger partial charge in [-0.1, -0.05) is 0 Å². The zero-order chi connectivity index (χ0) is 14.8. The van der Waals surface area contributed by atoms with E-state index in [2.05, 4.69) is 9.82 Å². The van der Waals surface area contributed by atoms with E-state index in [9.17, 15) is 8.42 Å². The van der Waals surface area contributed by atoms with Crippen molar-refractivity contribution < 1.29 is 8.42 Å². The summed E-state index contributed by atoms with van der Waals surface area (Å²) in [6.07, 6.45) is 2.27. The first-order chi connectivity index (χ1) is 9.38. The summed E-state index contributed by atoms with van der Waals surface area (Å²) in [5.41, 5.74) is 7.91. The lowest BCUT2D eigenvalue weighted by molar-refractivity contribution is 0.579. The number of rotatable bonds is 5. The standard InChI is InChI=1S/C13H18N4O2S/c1-10-7-11(14)9-13(8-10)20(18,19)16-6-4-12-3-5-15-17(12)2/h3,5,7-9,16H,4,6,14H2,1-2H3. The van der Waals surface area contributed by atoms with Gasteiger partial charge in [-0.15, -0.1) is 0 Å². The molecule has 1 aromatic carbocycles. The van der Waals surface area contributed by atoms with Crippen LogP contribution in [0.4, 0.5) is 5.69 Å². The number of aryl methyl sites for hydroxylation is 2.